The number of carbonyl (C=O) groups is 2. The molecule has 2 amide bonds. The molecule has 0 aromatic carbocycles. The Kier molecular flexibility index (Phi) is 5.65. The number of carbonyl (C=O) groups excluding carboxylic acids is 1. The Hall–Kier alpha value is -1.59. The van der Waals surface area contributed by atoms with Crippen LogP contribution in [0.4, 0.5) is 4.79 Å². The fraction of sp³-hybridized carbons (Fsp3) is 0.824. The van der Waals surface area contributed by atoms with E-state index in [0.717, 1.165) is 18.1 Å². The molecule has 0 spiro atoms. The van der Waals surface area contributed by atoms with Crippen LogP contribution in [-0.4, -0.2) is 40.4 Å². The molecule has 2 aliphatic rings. The average molecular weight is 323 g/mol. The molecule has 1 aliphatic heterocycles. The second-order valence-electron chi connectivity index (χ2n) is 7.87. The Morgan fingerprint density at radius 2 is 2.04 bits per heavy atom. The highest BCUT2D eigenvalue weighted by Crippen LogP contribution is 2.29. The second-order valence-corrected chi connectivity index (χ2v) is 7.87. The second kappa shape index (κ2) is 7.32. The first-order valence-corrected chi connectivity index (χ1v) is 8.62. The van der Waals surface area contributed by atoms with E-state index in [1.165, 1.54) is 25.7 Å². The Morgan fingerprint density at radius 3 is 2.61 bits per heavy atom. The van der Waals surface area contributed by atoms with Crippen molar-refractivity contribution in [2.45, 2.75) is 71.8 Å². The minimum Gasteiger partial charge on any atom is -0.465 e. The molecule has 0 saturated heterocycles. The van der Waals surface area contributed by atoms with Crippen LogP contribution in [-0.2, 0) is 4.79 Å². The highest BCUT2D eigenvalue weighted by molar-refractivity contribution is 6.05. The third-order valence-corrected chi connectivity index (χ3v) is 4.91. The van der Waals surface area contributed by atoms with E-state index in [1.807, 2.05) is 20.8 Å². The first kappa shape index (κ1) is 17.8. The molecule has 1 atom stereocenters. The zero-order valence-corrected chi connectivity index (χ0v) is 14.5. The van der Waals surface area contributed by atoms with Gasteiger partial charge < -0.3 is 10.4 Å². The summed E-state index contributed by atoms with van der Waals surface area (Å²) >= 11 is 0. The fourth-order valence-electron chi connectivity index (χ4n) is 3.38. The van der Waals surface area contributed by atoms with Crippen molar-refractivity contribution in [3.8, 4) is 0 Å². The number of nitrogens with zero attached hydrogens (tertiary/aromatic N) is 2. The maximum Gasteiger partial charge on any atom is 0.404 e. The van der Waals surface area contributed by atoms with Gasteiger partial charge in [0.2, 0.25) is 5.91 Å². The number of hydrogen-bond donors (Lipinski definition) is 2. The van der Waals surface area contributed by atoms with Crippen LogP contribution in [0.15, 0.2) is 5.10 Å². The predicted octanol–water partition coefficient (Wildman–Crippen LogP) is 3.23. The summed E-state index contributed by atoms with van der Waals surface area (Å²) in [5, 5.41) is 17.6. The summed E-state index contributed by atoms with van der Waals surface area (Å²) in [4.78, 5) is 23.1. The largest absolute Gasteiger partial charge is 0.465 e. The molecule has 0 radical (unpaired) electrons. The Bertz CT molecular complexity index is 476. The van der Waals surface area contributed by atoms with Gasteiger partial charge in [-0.05, 0) is 17.8 Å². The van der Waals surface area contributed by atoms with Crippen LogP contribution < -0.4 is 5.32 Å². The van der Waals surface area contributed by atoms with Gasteiger partial charge in [-0.25, -0.2) is 9.80 Å². The highest BCUT2D eigenvalue weighted by Gasteiger charge is 2.32. The zero-order valence-electron chi connectivity index (χ0n) is 14.5. The van der Waals surface area contributed by atoms with Gasteiger partial charge in [0.1, 0.15) is 0 Å². The molecule has 0 aromatic heterocycles. The molecular weight excluding hydrogens is 294 g/mol. The van der Waals surface area contributed by atoms with Gasteiger partial charge in [-0.2, -0.15) is 5.10 Å². The van der Waals surface area contributed by atoms with Gasteiger partial charge in [-0.1, -0.05) is 46.5 Å². The first-order chi connectivity index (χ1) is 10.8. The van der Waals surface area contributed by atoms with Crippen molar-refractivity contribution in [3.05, 3.63) is 0 Å². The van der Waals surface area contributed by atoms with Crippen LogP contribution >= 0.6 is 0 Å². The zero-order chi connectivity index (χ0) is 17.0. The van der Waals surface area contributed by atoms with Crippen molar-refractivity contribution in [2.75, 3.05) is 6.54 Å². The van der Waals surface area contributed by atoms with Crippen LogP contribution in [0.1, 0.15) is 65.7 Å². The summed E-state index contributed by atoms with van der Waals surface area (Å²) in [7, 11) is 0. The molecule has 2 N–H and O–H groups in total. The SMILES string of the molecule is CC(C)(C)C(CC1=NN(CCC2CCCC2)C(=O)C1)NC(=O)O. The minimum absolute atomic E-state index is 0.0426. The number of hydrogen-bond acceptors (Lipinski definition) is 3. The van der Waals surface area contributed by atoms with E-state index in [0.29, 0.717) is 19.4 Å². The van der Waals surface area contributed by atoms with Gasteiger partial charge in [-0.3, -0.25) is 4.79 Å². The molecule has 2 rings (SSSR count). The molecule has 1 fully saturated rings. The molecule has 1 saturated carbocycles. The number of amides is 2. The summed E-state index contributed by atoms with van der Waals surface area (Å²) in [6.07, 6.45) is 5.95. The van der Waals surface area contributed by atoms with E-state index in [4.69, 9.17) is 5.11 Å². The smallest absolute Gasteiger partial charge is 0.404 e. The Balaban J connectivity index is 1.91. The number of rotatable bonds is 6. The number of nitrogens with one attached hydrogen (secondary N) is 1. The molecule has 23 heavy (non-hydrogen) atoms. The summed E-state index contributed by atoms with van der Waals surface area (Å²) < 4.78 is 0. The normalized spacial score (nSPS) is 20.7. The lowest BCUT2D eigenvalue weighted by Gasteiger charge is -2.30. The van der Waals surface area contributed by atoms with Crippen molar-refractivity contribution in [1.29, 1.82) is 0 Å². The quantitative estimate of drug-likeness (QED) is 0.787. The maximum absolute atomic E-state index is 12.1. The van der Waals surface area contributed by atoms with Crippen molar-refractivity contribution >= 4 is 17.7 Å². The number of hydrazone groups is 1. The lowest BCUT2D eigenvalue weighted by molar-refractivity contribution is -0.128. The van der Waals surface area contributed by atoms with E-state index in [9.17, 15) is 9.59 Å². The Labute approximate surface area is 138 Å². The molecule has 6 nitrogen and oxygen atoms in total. The summed E-state index contributed by atoms with van der Waals surface area (Å²) in [5.74, 6) is 0.777. The van der Waals surface area contributed by atoms with Crippen LogP contribution in [0.2, 0.25) is 0 Å². The molecule has 0 bridgehead atoms. The molecule has 1 aliphatic carbocycles. The van der Waals surface area contributed by atoms with E-state index in [-0.39, 0.29) is 17.4 Å². The molecule has 1 heterocycles. The van der Waals surface area contributed by atoms with Crippen molar-refractivity contribution in [3.63, 3.8) is 0 Å². The monoisotopic (exact) mass is 323 g/mol. The van der Waals surface area contributed by atoms with Gasteiger partial charge in [0.25, 0.3) is 0 Å². The summed E-state index contributed by atoms with van der Waals surface area (Å²) in [5.41, 5.74) is 0.566. The third-order valence-electron chi connectivity index (χ3n) is 4.91. The van der Waals surface area contributed by atoms with E-state index in [2.05, 4.69) is 10.4 Å². The van der Waals surface area contributed by atoms with Crippen LogP contribution in [0, 0.1) is 11.3 Å². The first-order valence-electron chi connectivity index (χ1n) is 8.62. The van der Waals surface area contributed by atoms with Crippen LogP contribution in [0.3, 0.4) is 0 Å². The van der Waals surface area contributed by atoms with E-state index in [1.54, 1.807) is 5.01 Å². The highest BCUT2D eigenvalue weighted by atomic mass is 16.4. The van der Waals surface area contributed by atoms with Gasteiger partial charge in [0.15, 0.2) is 0 Å². The average Bonchev–Trinajstić information content (AvgIpc) is 3.04. The van der Waals surface area contributed by atoms with Gasteiger partial charge in [-0.15, -0.1) is 0 Å². The van der Waals surface area contributed by atoms with E-state index >= 15 is 0 Å². The molecule has 1 unspecified atom stereocenters. The van der Waals surface area contributed by atoms with Gasteiger partial charge in [0, 0.05) is 19.0 Å². The molecule has 0 aromatic rings. The van der Waals surface area contributed by atoms with Crippen LogP contribution in [0.5, 0.6) is 0 Å². The van der Waals surface area contributed by atoms with Crippen molar-refractivity contribution < 1.29 is 14.7 Å². The topological polar surface area (TPSA) is 82.0 Å². The van der Waals surface area contributed by atoms with Gasteiger partial charge in [0.05, 0.1) is 12.1 Å². The van der Waals surface area contributed by atoms with Crippen LogP contribution in [0.25, 0.3) is 0 Å². The lowest BCUT2D eigenvalue weighted by Crippen LogP contribution is -2.44. The van der Waals surface area contributed by atoms with E-state index < -0.39 is 6.09 Å². The Morgan fingerprint density at radius 1 is 1.39 bits per heavy atom. The van der Waals surface area contributed by atoms with Crippen molar-refractivity contribution in [2.24, 2.45) is 16.4 Å². The standard InChI is InChI=1S/C17H29N3O3/c1-17(2,3)14(18-16(22)23)10-13-11-15(21)20(19-13)9-8-12-6-4-5-7-12/h12,14,18H,4-11H2,1-3H3,(H,22,23). The molecular formula is C17H29N3O3. The minimum atomic E-state index is -1.03. The van der Waals surface area contributed by atoms with Gasteiger partial charge >= 0.3 is 6.09 Å². The molecule has 6 heteroatoms. The summed E-state index contributed by atoms with van der Waals surface area (Å²) in [6, 6.07) is -0.249. The lowest BCUT2D eigenvalue weighted by atomic mass is 9.83. The maximum atomic E-state index is 12.1. The summed E-state index contributed by atoms with van der Waals surface area (Å²) in [6.45, 7) is 6.66. The predicted molar refractivity (Wildman–Crippen MR) is 89.4 cm³/mol. The molecule has 130 valence electrons. The third kappa shape index (κ3) is 5.22. The fourth-order valence-corrected chi connectivity index (χ4v) is 3.38. The number of carboxylic acid groups (broad SMARTS) is 1. The van der Waals surface area contributed by atoms with Crippen molar-refractivity contribution in [1.82, 2.24) is 10.3 Å².